The molecule has 0 radical (unpaired) electrons. The third-order valence-corrected chi connectivity index (χ3v) is 4.48. The summed E-state index contributed by atoms with van der Waals surface area (Å²) >= 11 is 0. The third-order valence-electron chi connectivity index (χ3n) is 4.48. The number of ether oxygens (including phenoxy) is 3. The lowest BCUT2D eigenvalue weighted by Gasteiger charge is -2.33. The molecule has 0 spiro atoms. The minimum absolute atomic E-state index is 0.0468. The normalized spacial score (nSPS) is 15.4. The van der Waals surface area contributed by atoms with Crippen molar-refractivity contribution in [3.63, 3.8) is 0 Å². The second-order valence-electron chi connectivity index (χ2n) is 6.49. The van der Waals surface area contributed by atoms with Gasteiger partial charge in [0, 0.05) is 13.1 Å². The molecular formula is C22H22F2N2O5. The molecule has 0 bridgehead atoms. The molecule has 2 aromatic carbocycles. The van der Waals surface area contributed by atoms with Crippen LogP contribution in [-0.2, 0) is 9.59 Å². The van der Waals surface area contributed by atoms with Gasteiger partial charge < -0.3 is 24.4 Å². The summed E-state index contributed by atoms with van der Waals surface area (Å²) in [5.74, 6) is -0.219. The van der Waals surface area contributed by atoms with Crippen LogP contribution in [0.3, 0.4) is 0 Å². The zero-order valence-electron chi connectivity index (χ0n) is 17.0. The van der Waals surface area contributed by atoms with Gasteiger partial charge in [-0.3, -0.25) is 9.59 Å². The number of hydrogen-bond donors (Lipinski definition) is 1. The Morgan fingerprint density at radius 1 is 1.26 bits per heavy atom. The number of carbonyl (C=O) groups is 2. The van der Waals surface area contributed by atoms with Crippen molar-refractivity contribution < 1.29 is 32.6 Å². The molecule has 0 saturated heterocycles. The van der Waals surface area contributed by atoms with Gasteiger partial charge in [0.05, 0.1) is 18.8 Å². The van der Waals surface area contributed by atoms with Crippen molar-refractivity contribution in [2.45, 2.75) is 19.6 Å². The highest BCUT2D eigenvalue weighted by Gasteiger charge is 2.32. The maximum atomic E-state index is 12.9. The van der Waals surface area contributed by atoms with Crippen LogP contribution in [0.2, 0.25) is 0 Å². The van der Waals surface area contributed by atoms with E-state index in [2.05, 4.69) is 10.1 Å². The molecule has 1 N–H and O–H groups in total. The first-order valence-electron chi connectivity index (χ1n) is 9.61. The van der Waals surface area contributed by atoms with E-state index >= 15 is 0 Å². The number of fused-ring (bicyclic) bond motifs is 1. The molecule has 1 unspecified atom stereocenters. The van der Waals surface area contributed by atoms with Gasteiger partial charge in [-0.2, -0.15) is 8.78 Å². The van der Waals surface area contributed by atoms with E-state index in [4.69, 9.17) is 9.47 Å². The number of benzene rings is 2. The molecule has 0 saturated carbocycles. The number of para-hydroxylation sites is 2. The number of amides is 2. The molecular weight excluding hydrogens is 410 g/mol. The summed E-state index contributed by atoms with van der Waals surface area (Å²) in [6.07, 6.45) is 2.03. The third kappa shape index (κ3) is 5.30. The molecule has 0 aromatic heterocycles. The second kappa shape index (κ2) is 9.92. The van der Waals surface area contributed by atoms with E-state index in [0.29, 0.717) is 17.0 Å². The van der Waals surface area contributed by atoms with Crippen LogP contribution in [0, 0.1) is 0 Å². The van der Waals surface area contributed by atoms with E-state index in [9.17, 15) is 18.4 Å². The molecule has 0 aliphatic carbocycles. The summed E-state index contributed by atoms with van der Waals surface area (Å²) < 4.78 is 40.6. The average Bonchev–Trinajstić information content (AvgIpc) is 2.77. The summed E-state index contributed by atoms with van der Waals surface area (Å²) in [7, 11) is 1.50. The van der Waals surface area contributed by atoms with E-state index in [0.717, 1.165) is 0 Å². The van der Waals surface area contributed by atoms with Gasteiger partial charge in [0.1, 0.15) is 5.75 Å². The Hall–Kier alpha value is -3.62. The van der Waals surface area contributed by atoms with Crippen molar-refractivity contribution in [1.29, 1.82) is 0 Å². The lowest BCUT2D eigenvalue weighted by atomic mass is 10.1. The van der Waals surface area contributed by atoms with Crippen molar-refractivity contribution in [3.8, 4) is 17.2 Å². The van der Waals surface area contributed by atoms with Gasteiger partial charge in [0.2, 0.25) is 0 Å². The van der Waals surface area contributed by atoms with E-state index < -0.39 is 12.7 Å². The fourth-order valence-electron chi connectivity index (χ4n) is 3.09. The molecule has 0 fully saturated rings. The topological polar surface area (TPSA) is 77.1 Å². The number of nitrogens with zero attached hydrogens (tertiary/aromatic N) is 1. The molecule has 164 valence electrons. The Labute approximate surface area is 178 Å². The molecule has 1 aliphatic rings. The fraction of sp³-hybridized carbons (Fsp3) is 0.273. The van der Waals surface area contributed by atoms with E-state index in [1.54, 1.807) is 31.2 Å². The Balaban J connectivity index is 1.83. The van der Waals surface area contributed by atoms with Crippen LogP contribution in [0.25, 0.3) is 6.08 Å². The number of rotatable bonds is 7. The first-order chi connectivity index (χ1) is 14.9. The van der Waals surface area contributed by atoms with E-state index in [1.807, 2.05) is 0 Å². The predicted octanol–water partition coefficient (Wildman–Crippen LogP) is 3.24. The molecule has 9 heteroatoms. The number of anilines is 1. The van der Waals surface area contributed by atoms with Gasteiger partial charge in [-0.15, -0.1) is 0 Å². The van der Waals surface area contributed by atoms with Crippen molar-refractivity contribution in [2.75, 3.05) is 25.1 Å². The van der Waals surface area contributed by atoms with Gasteiger partial charge in [0.15, 0.2) is 17.6 Å². The maximum Gasteiger partial charge on any atom is 0.387 e. The van der Waals surface area contributed by atoms with Crippen molar-refractivity contribution in [1.82, 2.24) is 5.32 Å². The van der Waals surface area contributed by atoms with Crippen LogP contribution in [0.1, 0.15) is 12.5 Å². The summed E-state index contributed by atoms with van der Waals surface area (Å²) in [5.41, 5.74) is 1.11. The van der Waals surface area contributed by atoms with Gasteiger partial charge >= 0.3 is 6.61 Å². The molecule has 2 amide bonds. The largest absolute Gasteiger partial charge is 0.490 e. The molecule has 2 aromatic rings. The number of halogens is 2. The van der Waals surface area contributed by atoms with E-state index in [1.165, 1.54) is 42.3 Å². The Bertz CT molecular complexity index is 980. The van der Waals surface area contributed by atoms with Crippen LogP contribution in [-0.4, -0.2) is 44.7 Å². The molecule has 3 rings (SSSR count). The number of hydrogen-bond acceptors (Lipinski definition) is 5. The number of alkyl halides is 2. The summed E-state index contributed by atoms with van der Waals surface area (Å²) in [6.45, 7) is -0.948. The Kier molecular flexibility index (Phi) is 7.07. The zero-order valence-corrected chi connectivity index (χ0v) is 17.0. The summed E-state index contributed by atoms with van der Waals surface area (Å²) in [6, 6.07) is 11.3. The lowest BCUT2D eigenvalue weighted by molar-refractivity contribution is -0.127. The first kappa shape index (κ1) is 22.1. The Morgan fingerprint density at radius 2 is 2.03 bits per heavy atom. The van der Waals surface area contributed by atoms with Crippen molar-refractivity contribution in [3.05, 3.63) is 54.1 Å². The van der Waals surface area contributed by atoms with Gasteiger partial charge in [-0.05, 0) is 42.8 Å². The maximum absolute atomic E-state index is 12.9. The first-order valence-corrected chi connectivity index (χ1v) is 9.61. The van der Waals surface area contributed by atoms with Crippen LogP contribution >= 0.6 is 0 Å². The van der Waals surface area contributed by atoms with Gasteiger partial charge in [0.25, 0.3) is 11.8 Å². The van der Waals surface area contributed by atoms with Crippen LogP contribution in [0.5, 0.6) is 17.2 Å². The highest BCUT2D eigenvalue weighted by molar-refractivity contribution is 6.05. The fourth-order valence-corrected chi connectivity index (χ4v) is 3.09. The number of likely N-dealkylation sites (N-methyl/N-ethyl adjacent to an activating group) is 1. The molecule has 1 atom stereocenters. The zero-order chi connectivity index (χ0) is 22.4. The highest BCUT2D eigenvalue weighted by Crippen LogP contribution is 2.34. The quantitative estimate of drug-likeness (QED) is 0.680. The highest BCUT2D eigenvalue weighted by atomic mass is 19.3. The standard InChI is InChI=1S/C22H22F2N2O5/c1-3-29-18-12-14(8-10-17(18)31-22(23)24)9-11-20(27)26-13-19(21(28)25-2)30-16-7-5-4-6-15(16)26/h4-12,19,22H,3,13H2,1-2H3,(H,25,28)/b11-9+. The van der Waals surface area contributed by atoms with Gasteiger partial charge in [-0.1, -0.05) is 18.2 Å². The van der Waals surface area contributed by atoms with Crippen molar-refractivity contribution >= 4 is 23.6 Å². The molecule has 1 heterocycles. The van der Waals surface area contributed by atoms with Crippen molar-refractivity contribution in [2.24, 2.45) is 0 Å². The molecule has 7 nitrogen and oxygen atoms in total. The van der Waals surface area contributed by atoms with Crippen LogP contribution < -0.4 is 24.4 Å². The van der Waals surface area contributed by atoms with Gasteiger partial charge in [-0.25, -0.2) is 0 Å². The predicted molar refractivity (Wildman–Crippen MR) is 111 cm³/mol. The molecule has 31 heavy (non-hydrogen) atoms. The lowest BCUT2D eigenvalue weighted by Crippen LogP contribution is -2.49. The summed E-state index contributed by atoms with van der Waals surface area (Å²) in [5, 5.41) is 2.52. The second-order valence-corrected chi connectivity index (χ2v) is 6.49. The minimum atomic E-state index is -2.98. The SMILES string of the molecule is CCOc1cc(/C=C/C(=O)N2CC(C(=O)NC)Oc3ccccc32)ccc1OC(F)F. The minimum Gasteiger partial charge on any atom is -0.490 e. The molecule has 1 aliphatic heterocycles. The van der Waals surface area contributed by atoms with Crippen LogP contribution in [0.4, 0.5) is 14.5 Å². The van der Waals surface area contributed by atoms with Crippen LogP contribution in [0.15, 0.2) is 48.5 Å². The monoisotopic (exact) mass is 432 g/mol. The smallest absolute Gasteiger partial charge is 0.387 e. The van der Waals surface area contributed by atoms with E-state index in [-0.39, 0.29) is 36.5 Å². The number of carbonyl (C=O) groups excluding carboxylic acids is 2. The average molecular weight is 432 g/mol. The number of nitrogens with one attached hydrogen (secondary N) is 1. The Morgan fingerprint density at radius 3 is 2.74 bits per heavy atom. The summed E-state index contributed by atoms with van der Waals surface area (Å²) in [4.78, 5) is 26.4.